The van der Waals surface area contributed by atoms with Gasteiger partial charge in [-0.1, -0.05) is 49.8 Å². The maximum absolute atomic E-state index is 9.95. The molecule has 0 aliphatic heterocycles. The average molecular weight is 287 g/mol. The van der Waals surface area contributed by atoms with Crippen LogP contribution in [0, 0.1) is 0 Å². The molecule has 1 N–H and O–H groups in total. The molecule has 1 aromatic carbocycles. The second-order valence-electron chi connectivity index (χ2n) is 5.54. The second kappa shape index (κ2) is 3.94. The van der Waals surface area contributed by atoms with Crippen LogP contribution >= 0.6 is 15.9 Å². The van der Waals surface area contributed by atoms with Crippen LogP contribution in [0.3, 0.4) is 0 Å². The molecule has 0 aliphatic rings. The summed E-state index contributed by atoms with van der Waals surface area (Å²) in [6.07, 6.45) is 0. The lowest BCUT2D eigenvalue weighted by molar-refractivity contribution is 0.478. The zero-order valence-corrected chi connectivity index (χ0v) is 12.6. The van der Waals surface area contributed by atoms with Crippen LogP contribution in [0.5, 0.6) is 5.75 Å². The molecule has 0 saturated heterocycles. The molecular formula is C12H19BrOSi. The Morgan fingerprint density at radius 1 is 1.20 bits per heavy atom. The van der Waals surface area contributed by atoms with Crippen LogP contribution in [0.1, 0.15) is 20.8 Å². The fourth-order valence-corrected chi connectivity index (χ4v) is 4.03. The number of halogens is 1. The summed E-state index contributed by atoms with van der Waals surface area (Å²) in [7, 11) is -1.64. The molecule has 1 nitrogen and oxygen atoms in total. The summed E-state index contributed by atoms with van der Waals surface area (Å²) in [6.45, 7) is 11.3. The number of hydrogen-bond donors (Lipinski definition) is 1. The van der Waals surface area contributed by atoms with Gasteiger partial charge in [0.1, 0.15) is 5.75 Å². The summed E-state index contributed by atoms with van der Waals surface area (Å²) in [6, 6.07) is 5.72. The van der Waals surface area contributed by atoms with Crippen LogP contribution in [0.25, 0.3) is 0 Å². The Morgan fingerprint density at radius 2 is 1.73 bits per heavy atom. The molecule has 0 amide bonds. The van der Waals surface area contributed by atoms with Crippen molar-refractivity contribution in [2.75, 3.05) is 0 Å². The Balaban J connectivity index is 3.32. The summed E-state index contributed by atoms with van der Waals surface area (Å²) in [5.41, 5.74) is 0. The Hall–Kier alpha value is -0.283. The van der Waals surface area contributed by atoms with Crippen molar-refractivity contribution in [3.8, 4) is 5.75 Å². The lowest BCUT2D eigenvalue weighted by atomic mass is 10.2. The lowest BCUT2D eigenvalue weighted by Crippen LogP contribution is -2.49. The Labute approximate surface area is 102 Å². The van der Waals surface area contributed by atoms with Gasteiger partial charge in [-0.15, -0.1) is 0 Å². The third-order valence-corrected chi connectivity index (χ3v) is 9.50. The van der Waals surface area contributed by atoms with E-state index in [9.17, 15) is 5.11 Å². The highest BCUT2D eigenvalue weighted by atomic mass is 79.9. The Morgan fingerprint density at radius 3 is 2.20 bits per heavy atom. The van der Waals surface area contributed by atoms with E-state index in [2.05, 4.69) is 55.9 Å². The molecule has 0 atom stereocenters. The Bertz CT molecular complexity index is 366. The molecule has 0 spiro atoms. The number of phenolic OH excluding ortho intramolecular Hbond substituents is 1. The van der Waals surface area contributed by atoms with Crippen LogP contribution in [0.2, 0.25) is 18.1 Å². The third kappa shape index (κ3) is 2.45. The smallest absolute Gasteiger partial charge is 0.114 e. The molecule has 0 radical (unpaired) electrons. The molecule has 0 heterocycles. The molecule has 0 aromatic heterocycles. The Kier molecular flexibility index (Phi) is 3.36. The summed E-state index contributed by atoms with van der Waals surface area (Å²) in [4.78, 5) is 0. The fourth-order valence-electron chi connectivity index (χ4n) is 1.41. The molecule has 1 aromatic rings. The quantitative estimate of drug-likeness (QED) is 0.777. The maximum atomic E-state index is 9.95. The van der Waals surface area contributed by atoms with Gasteiger partial charge < -0.3 is 5.11 Å². The zero-order valence-electron chi connectivity index (χ0n) is 10.1. The van der Waals surface area contributed by atoms with Gasteiger partial charge in [-0.3, -0.25) is 0 Å². The molecule has 0 aliphatic carbocycles. The van der Waals surface area contributed by atoms with E-state index in [1.54, 1.807) is 6.07 Å². The summed E-state index contributed by atoms with van der Waals surface area (Å²) in [5.74, 6) is 0.435. The van der Waals surface area contributed by atoms with Gasteiger partial charge in [0.15, 0.2) is 0 Å². The predicted molar refractivity (Wildman–Crippen MR) is 72.6 cm³/mol. The standard InChI is InChI=1S/C12H19BrOSi/c1-12(2,3)15(4,5)11-8-9(13)6-7-10(11)14/h6-8,14H,1-5H3. The van der Waals surface area contributed by atoms with Crippen molar-refractivity contribution >= 4 is 29.2 Å². The van der Waals surface area contributed by atoms with Gasteiger partial charge in [0.05, 0.1) is 8.07 Å². The van der Waals surface area contributed by atoms with E-state index in [0.29, 0.717) is 5.75 Å². The van der Waals surface area contributed by atoms with Crippen LogP contribution in [-0.4, -0.2) is 13.2 Å². The number of benzene rings is 1. The van der Waals surface area contributed by atoms with Gasteiger partial charge in [0.2, 0.25) is 0 Å². The summed E-state index contributed by atoms with van der Waals surface area (Å²) >= 11 is 3.47. The van der Waals surface area contributed by atoms with Crippen molar-refractivity contribution in [2.24, 2.45) is 0 Å². The van der Waals surface area contributed by atoms with Crippen LogP contribution in [0.4, 0.5) is 0 Å². The number of rotatable bonds is 1. The first kappa shape index (κ1) is 12.8. The van der Waals surface area contributed by atoms with Crippen molar-refractivity contribution in [2.45, 2.75) is 38.9 Å². The largest absolute Gasteiger partial charge is 0.508 e. The molecule has 0 unspecified atom stereocenters. The number of aromatic hydroxyl groups is 1. The van der Waals surface area contributed by atoms with Gasteiger partial charge >= 0.3 is 0 Å². The summed E-state index contributed by atoms with van der Waals surface area (Å²) in [5, 5.41) is 11.3. The molecule has 0 fully saturated rings. The first-order valence-corrected chi connectivity index (χ1v) is 8.94. The highest BCUT2D eigenvalue weighted by Gasteiger charge is 2.38. The van der Waals surface area contributed by atoms with Crippen LogP contribution in [-0.2, 0) is 0 Å². The molecule has 3 heteroatoms. The first-order valence-electron chi connectivity index (χ1n) is 5.15. The predicted octanol–water partition coefficient (Wildman–Crippen LogP) is 3.87. The highest BCUT2D eigenvalue weighted by Crippen LogP contribution is 2.37. The van der Waals surface area contributed by atoms with E-state index in [-0.39, 0.29) is 5.04 Å². The molecule has 84 valence electrons. The number of hydrogen-bond acceptors (Lipinski definition) is 1. The third-order valence-electron chi connectivity index (χ3n) is 3.51. The highest BCUT2D eigenvalue weighted by molar-refractivity contribution is 9.10. The van der Waals surface area contributed by atoms with Gasteiger partial charge in [0, 0.05) is 4.47 Å². The van der Waals surface area contributed by atoms with Gasteiger partial charge in [-0.2, -0.15) is 0 Å². The normalized spacial score (nSPS) is 12.9. The minimum absolute atomic E-state index is 0.241. The monoisotopic (exact) mass is 286 g/mol. The van der Waals surface area contributed by atoms with Gasteiger partial charge in [-0.25, -0.2) is 0 Å². The van der Waals surface area contributed by atoms with Gasteiger partial charge in [-0.05, 0) is 28.4 Å². The number of phenols is 1. The molecule has 0 bridgehead atoms. The van der Waals surface area contributed by atoms with E-state index in [1.807, 2.05) is 6.07 Å². The van der Waals surface area contributed by atoms with E-state index < -0.39 is 8.07 Å². The molecule has 15 heavy (non-hydrogen) atoms. The van der Waals surface area contributed by atoms with Crippen LogP contribution < -0.4 is 5.19 Å². The minimum atomic E-state index is -1.64. The van der Waals surface area contributed by atoms with Crippen molar-refractivity contribution in [1.29, 1.82) is 0 Å². The maximum Gasteiger partial charge on any atom is 0.114 e. The van der Waals surface area contributed by atoms with E-state index in [4.69, 9.17) is 0 Å². The van der Waals surface area contributed by atoms with E-state index in [0.717, 1.165) is 9.66 Å². The second-order valence-corrected chi connectivity index (χ2v) is 11.7. The summed E-state index contributed by atoms with van der Waals surface area (Å²) < 4.78 is 1.04. The van der Waals surface area contributed by atoms with Crippen molar-refractivity contribution in [3.05, 3.63) is 22.7 Å². The minimum Gasteiger partial charge on any atom is -0.508 e. The lowest BCUT2D eigenvalue weighted by Gasteiger charge is -2.37. The van der Waals surface area contributed by atoms with Crippen molar-refractivity contribution in [3.63, 3.8) is 0 Å². The fraction of sp³-hybridized carbons (Fsp3) is 0.500. The topological polar surface area (TPSA) is 20.2 Å². The SMILES string of the molecule is CC(C)(C)[Si](C)(C)c1cc(Br)ccc1O. The van der Waals surface area contributed by atoms with Crippen molar-refractivity contribution in [1.82, 2.24) is 0 Å². The van der Waals surface area contributed by atoms with Gasteiger partial charge in [0.25, 0.3) is 0 Å². The zero-order chi connectivity index (χ0) is 11.9. The molecule has 1 rings (SSSR count). The van der Waals surface area contributed by atoms with E-state index >= 15 is 0 Å². The van der Waals surface area contributed by atoms with Crippen molar-refractivity contribution < 1.29 is 5.11 Å². The van der Waals surface area contributed by atoms with E-state index in [1.165, 1.54) is 0 Å². The van der Waals surface area contributed by atoms with Crippen LogP contribution in [0.15, 0.2) is 22.7 Å². The average Bonchev–Trinajstić information content (AvgIpc) is 2.07. The first-order chi connectivity index (χ1) is 6.66. The molecular weight excluding hydrogens is 268 g/mol. The molecule has 0 saturated carbocycles.